The molecule has 0 aliphatic heterocycles. The van der Waals surface area contributed by atoms with E-state index < -0.39 is 5.97 Å². The van der Waals surface area contributed by atoms with Gasteiger partial charge in [0, 0.05) is 5.69 Å². The van der Waals surface area contributed by atoms with Gasteiger partial charge in [-0.3, -0.25) is 4.79 Å². The minimum Gasteiger partial charge on any atom is -0.475 e. The summed E-state index contributed by atoms with van der Waals surface area (Å²) in [6.07, 6.45) is 0. The van der Waals surface area contributed by atoms with Gasteiger partial charge in [-0.1, -0.05) is 19.0 Å². The molecule has 2 N–H and O–H groups in total. The molecule has 0 aliphatic carbocycles. The van der Waals surface area contributed by atoms with Gasteiger partial charge in [-0.2, -0.15) is 0 Å². The van der Waals surface area contributed by atoms with E-state index in [4.69, 9.17) is 14.0 Å². The van der Waals surface area contributed by atoms with Gasteiger partial charge < -0.3 is 19.4 Å². The van der Waals surface area contributed by atoms with E-state index in [2.05, 4.69) is 15.5 Å². The highest BCUT2D eigenvalue weighted by molar-refractivity contribution is 6.06. The summed E-state index contributed by atoms with van der Waals surface area (Å²) in [4.78, 5) is 27.8. The SMILES string of the molecule is Cc1noc2nc(C(C)C)cc(C(=O)NCc3ccc(C(=O)O)o3)c12. The third kappa shape index (κ3) is 3.23. The van der Waals surface area contributed by atoms with Crippen LogP contribution < -0.4 is 5.32 Å². The van der Waals surface area contributed by atoms with Crippen LogP contribution in [0.3, 0.4) is 0 Å². The largest absolute Gasteiger partial charge is 0.475 e. The number of hydrogen-bond donors (Lipinski definition) is 2. The van der Waals surface area contributed by atoms with Crippen molar-refractivity contribution in [1.82, 2.24) is 15.5 Å². The number of carboxylic acid groups (broad SMARTS) is 1. The van der Waals surface area contributed by atoms with Crippen molar-refractivity contribution in [2.45, 2.75) is 33.2 Å². The summed E-state index contributed by atoms with van der Waals surface area (Å²) >= 11 is 0. The molecule has 8 nitrogen and oxygen atoms in total. The topological polar surface area (TPSA) is 118 Å². The highest BCUT2D eigenvalue weighted by atomic mass is 16.5. The maximum atomic E-state index is 12.6. The van der Waals surface area contributed by atoms with Crippen LogP contribution in [0, 0.1) is 6.92 Å². The summed E-state index contributed by atoms with van der Waals surface area (Å²) in [7, 11) is 0. The van der Waals surface area contributed by atoms with Gasteiger partial charge in [0.1, 0.15) is 5.76 Å². The Kier molecular flexibility index (Phi) is 4.26. The number of carbonyl (C=O) groups is 2. The van der Waals surface area contributed by atoms with Gasteiger partial charge in [-0.05, 0) is 31.0 Å². The number of furan rings is 1. The molecule has 3 aromatic heterocycles. The van der Waals surface area contributed by atoms with Crippen molar-refractivity contribution in [1.29, 1.82) is 0 Å². The molecule has 8 heteroatoms. The summed E-state index contributed by atoms with van der Waals surface area (Å²) in [6, 6.07) is 4.57. The number of fused-ring (bicyclic) bond motifs is 1. The number of carboxylic acids is 1. The molecular weight excluding hydrogens is 326 g/mol. The standard InChI is InChI=1S/C17H17N3O5/c1-8(2)12-6-11(14-9(3)20-25-16(14)19-12)15(21)18-7-10-4-5-13(24-10)17(22)23/h4-6,8H,7H2,1-3H3,(H,18,21)(H,22,23). The maximum absolute atomic E-state index is 12.6. The average molecular weight is 343 g/mol. The highest BCUT2D eigenvalue weighted by Gasteiger charge is 2.20. The minimum atomic E-state index is -1.16. The fourth-order valence-corrected chi connectivity index (χ4v) is 2.44. The second-order valence-electron chi connectivity index (χ2n) is 5.95. The number of amides is 1. The monoisotopic (exact) mass is 343 g/mol. The maximum Gasteiger partial charge on any atom is 0.371 e. The molecule has 0 radical (unpaired) electrons. The average Bonchev–Trinajstić information content (AvgIpc) is 3.19. The predicted molar refractivity (Wildman–Crippen MR) is 87.5 cm³/mol. The summed E-state index contributed by atoms with van der Waals surface area (Å²) in [5.74, 6) is -1.21. The number of rotatable bonds is 5. The van der Waals surface area contributed by atoms with Crippen molar-refractivity contribution in [3.63, 3.8) is 0 Å². The van der Waals surface area contributed by atoms with E-state index in [0.717, 1.165) is 5.69 Å². The van der Waals surface area contributed by atoms with Crippen molar-refractivity contribution in [3.8, 4) is 0 Å². The van der Waals surface area contributed by atoms with Gasteiger partial charge in [-0.25, -0.2) is 9.78 Å². The van der Waals surface area contributed by atoms with E-state index in [1.165, 1.54) is 12.1 Å². The van der Waals surface area contributed by atoms with Crippen LogP contribution in [0.4, 0.5) is 0 Å². The molecule has 3 rings (SSSR count). The van der Waals surface area contributed by atoms with E-state index in [1.54, 1.807) is 13.0 Å². The Bertz CT molecular complexity index is 955. The van der Waals surface area contributed by atoms with Crippen LogP contribution in [-0.4, -0.2) is 27.1 Å². The fourth-order valence-electron chi connectivity index (χ4n) is 2.44. The highest BCUT2D eigenvalue weighted by Crippen LogP contribution is 2.25. The minimum absolute atomic E-state index is 0.0667. The molecule has 0 bridgehead atoms. The third-order valence-electron chi connectivity index (χ3n) is 3.77. The number of aryl methyl sites for hydroxylation is 1. The zero-order valence-corrected chi connectivity index (χ0v) is 14.0. The molecular formula is C17H17N3O5. The Balaban J connectivity index is 1.87. The van der Waals surface area contributed by atoms with Crippen molar-refractivity contribution in [3.05, 3.63) is 46.7 Å². The summed E-state index contributed by atoms with van der Waals surface area (Å²) in [5.41, 5.74) is 2.03. The molecule has 0 spiro atoms. The van der Waals surface area contributed by atoms with Crippen molar-refractivity contribution >= 4 is 23.0 Å². The second-order valence-corrected chi connectivity index (χ2v) is 5.95. The van der Waals surface area contributed by atoms with Crippen LogP contribution in [0.2, 0.25) is 0 Å². The van der Waals surface area contributed by atoms with Gasteiger partial charge in [0.25, 0.3) is 11.6 Å². The van der Waals surface area contributed by atoms with E-state index in [9.17, 15) is 9.59 Å². The fraction of sp³-hybridized carbons (Fsp3) is 0.294. The van der Waals surface area contributed by atoms with E-state index >= 15 is 0 Å². The quantitative estimate of drug-likeness (QED) is 0.731. The van der Waals surface area contributed by atoms with E-state index in [-0.39, 0.29) is 24.1 Å². The zero-order chi connectivity index (χ0) is 18.1. The predicted octanol–water partition coefficient (Wildman–Crippen LogP) is 2.88. The molecule has 0 aliphatic rings. The molecule has 130 valence electrons. The Morgan fingerprint density at radius 1 is 1.32 bits per heavy atom. The Hall–Kier alpha value is -3.16. The molecule has 1 amide bonds. The number of nitrogens with zero attached hydrogens (tertiary/aromatic N) is 2. The number of carbonyl (C=O) groups excluding carboxylic acids is 1. The Morgan fingerprint density at radius 2 is 2.08 bits per heavy atom. The van der Waals surface area contributed by atoms with Gasteiger partial charge in [0.15, 0.2) is 0 Å². The van der Waals surface area contributed by atoms with Crippen molar-refractivity contribution in [2.75, 3.05) is 0 Å². The van der Waals surface area contributed by atoms with Gasteiger partial charge in [0.05, 0.1) is 23.2 Å². The van der Waals surface area contributed by atoms with Crippen molar-refractivity contribution in [2.24, 2.45) is 0 Å². The van der Waals surface area contributed by atoms with Gasteiger partial charge in [-0.15, -0.1) is 0 Å². The molecule has 0 aromatic carbocycles. The molecule has 0 saturated carbocycles. The molecule has 0 unspecified atom stereocenters. The van der Waals surface area contributed by atoms with Gasteiger partial charge in [0.2, 0.25) is 5.76 Å². The first kappa shape index (κ1) is 16.7. The second kappa shape index (κ2) is 6.39. The Labute approximate surface area is 142 Å². The molecule has 3 aromatic rings. The van der Waals surface area contributed by atoms with Gasteiger partial charge >= 0.3 is 5.97 Å². The van der Waals surface area contributed by atoms with Crippen molar-refractivity contribution < 1.29 is 23.6 Å². The summed E-state index contributed by atoms with van der Waals surface area (Å²) in [5, 5.41) is 16.0. The lowest BCUT2D eigenvalue weighted by Crippen LogP contribution is -2.23. The molecule has 0 fully saturated rings. The number of pyridine rings is 1. The van der Waals surface area contributed by atoms with Crippen LogP contribution in [0.15, 0.2) is 27.1 Å². The lowest BCUT2D eigenvalue weighted by atomic mass is 10.0. The van der Waals surface area contributed by atoms with E-state index in [1.807, 2.05) is 13.8 Å². The smallest absolute Gasteiger partial charge is 0.371 e. The number of aromatic carboxylic acids is 1. The van der Waals surface area contributed by atoms with E-state index in [0.29, 0.717) is 28.1 Å². The van der Waals surface area contributed by atoms with Crippen LogP contribution in [0.1, 0.15) is 57.8 Å². The third-order valence-corrected chi connectivity index (χ3v) is 3.77. The number of hydrogen-bond acceptors (Lipinski definition) is 6. The molecule has 25 heavy (non-hydrogen) atoms. The van der Waals surface area contributed by atoms with Crippen LogP contribution in [0.5, 0.6) is 0 Å². The summed E-state index contributed by atoms with van der Waals surface area (Å²) in [6.45, 7) is 5.74. The lowest BCUT2D eigenvalue weighted by molar-refractivity contribution is 0.0660. The summed E-state index contributed by atoms with van der Waals surface area (Å²) < 4.78 is 10.3. The zero-order valence-electron chi connectivity index (χ0n) is 14.0. The first-order valence-corrected chi connectivity index (χ1v) is 7.74. The number of aromatic nitrogens is 2. The normalized spacial score (nSPS) is 11.2. The van der Waals surface area contributed by atoms with Crippen LogP contribution >= 0.6 is 0 Å². The first-order valence-electron chi connectivity index (χ1n) is 7.74. The molecule has 3 heterocycles. The van der Waals surface area contributed by atoms with Crippen LogP contribution in [-0.2, 0) is 6.54 Å². The van der Waals surface area contributed by atoms with Crippen LogP contribution in [0.25, 0.3) is 11.1 Å². The lowest BCUT2D eigenvalue weighted by Gasteiger charge is -2.09. The Morgan fingerprint density at radius 3 is 2.72 bits per heavy atom. The molecule has 0 saturated heterocycles. The number of nitrogens with one attached hydrogen (secondary N) is 1. The molecule has 0 atom stereocenters. The first-order chi connectivity index (χ1) is 11.9.